The van der Waals surface area contributed by atoms with Crippen molar-refractivity contribution in [3.05, 3.63) is 88.1 Å². The van der Waals surface area contributed by atoms with Gasteiger partial charge in [0.05, 0.1) is 25.2 Å². The highest BCUT2D eigenvalue weighted by Crippen LogP contribution is 2.34. The predicted molar refractivity (Wildman–Crippen MR) is 113 cm³/mol. The van der Waals surface area contributed by atoms with Crippen molar-refractivity contribution < 1.29 is 22.6 Å². The van der Waals surface area contributed by atoms with Crippen molar-refractivity contribution in [1.29, 1.82) is 5.26 Å². The molecule has 0 bridgehead atoms. The zero-order chi connectivity index (χ0) is 23.0. The minimum Gasteiger partial charge on any atom is -0.497 e. The lowest BCUT2D eigenvalue weighted by atomic mass is 9.97. The maximum Gasteiger partial charge on any atom is 0.264 e. The van der Waals surface area contributed by atoms with Gasteiger partial charge in [0.25, 0.3) is 5.56 Å². The number of fused-ring (bicyclic) bond motifs is 1. The molecule has 0 saturated heterocycles. The van der Waals surface area contributed by atoms with Crippen LogP contribution in [0.1, 0.15) is 5.56 Å². The average molecular weight is 436 g/mol. The highest BCUT2D eigenvalue weighted by molar-refractivity contribution is 5.99. The second-order valence-corrected chi connectivity index (χ2v) is 6.88. The Hall–Kier alpha value is -4.25. The van der Waals surface area contributed by atoms with Crippen LogP contribution in [0.25, 0.3) is 27.6 Å². The van der Waals surface area contributed by atoms with Crippen LogP contribution in [0.4, 0.5) is 13.2 Å². The summed E-state index contributed by atoms with van der Waals surface area (Å²) in [5, 5.41) is 9.93. The minimum absolute atomic E-state index is 0.00851. The number of pyridine rings is 1. The smallest absolute Gasteiger partial charge is 0.264 e. The first-order valence-electron chi connectivity index (χ1n) is 9.34. The van der Waals surface area contributed by atoms with Gasteiger partial charge in [-0.1, -0.05) is 0 Å². The molecule has 4 rings (SSSR count). The molecule has 0 aliphatic rings. The fourth-order valence-corrected chi connectivity index (χ4v) is 3.52. The van der Waals surface area contributed by atoms with E-state index >= 15 is 0 Å². The molecule has 32 heavy (non-hydrogen) atoms. The summed E-state index contributed by atoms with van der Waals surface area (Å²) in [5.74, 6) is -3.51. The molecule has 1 heterocycles. The van der Waals surface area contributed by atoms with Gasteiger partial charge in [-0.05, 0) is 54.1 Å². The Bertz CT molecular complexity index is 1430. The minimum atomic E-state index is -1.60. The van der Waals surface area contributed by atoms with Crippen LogP contribution in [0.3, 0.4) is 0 Å². The van der Waals surface area contributed by atoms with Crippen molar-refractivity contribution >= 4 is 10.8 Å². The summed E-state index contributed by atoms with van der Waals surface area (Å²) in [6, 6.07) is 13.1. The summed E-state index contributed by atoms with van der Waals surface area (Å²) >= 11 is 0. The number of methoxy groups -OCH3 is 2. The molecular weight excluding hydrogens is 421 g/mol. The number of nitriles is 1. The van der Waals surface area contributed by atoms with Crippen LogP contribution in [0.5, 0.6) is 11.5 Å². The summed E-state index contributed by atoms with van der Waals surface area (Å²) in [6.45, 7) is 0. The first kappa shape index (κ1) is 21.0. The number of halogens is 3. The van der Waals surface area contributed by atoms with Crippen molar-refractivity contribution in [2.24, 2.45) is 0 Å². The molecular formula is C24H15F3N2O3. The Balaban J connectivity index is 2.15. The van der Waals surface area contributed by atoms with Crippen LogP contribution < -0.4 is 15.0 Å². The zero-order valence-corrected chi connectivity index (χ0v) is 16.9. The predicted octanol–water partition coefficient (Wildman–Crippen LogP) is 4.96. The lowest BCUT2D eigenvalue weighted by molar-refractivity contribution is 0.414. The van der Waals surface area contributed by atoms with Gasteiger partial charge in [0, 0.05) is 22.8 Å². The summed E-state index contributed by atoms with van der Waals surface area (Å²) in [6.07, 6.45) is 1.39. The van der Waals surface area contributed by atoms with Gasteiger partial charge in [0.15, 0.2) is 17.5 Å². The molecule has 0 aliphatic heterocycles. The fraction of sp³-hybridized carbons (Fsp3) is 0.0833. The van der Waals surface area contributed by atoms with Gasteiger partial charge in [-0.3, -0.25) is 9.36 Å². The first-order chi connectivity index (χ1) is 15.4. The van der Waals surface area contributed by atoms with Crippen molar-refractivity contribution in [2.45, 2.75) is 0 Å². The molecule has 3 aromatic carbocycles. The third-order valence-electron chi connectivity index (χ3n) is 5.09. The Morgan fingerprint density at radius 3 is 2.09 bits per heavy atom. The van der Waals surface area contributed by atoms with E-state index in [0.29, 0.717) is 11.4 Å². The zero-order valence-electron chi connectivity index (χ0n) is 16.9. The molecule has 1 aromatic heterocycles. The number of ether oxygens (including phenoxy) is 2. The Labute approximate surface area is 180 Å². The van der Waals surface area contributed by atoms with E-state index < -0.39 is 23.0 Å². The van der Waals surface area contributed by atoms with E-state index in [4.69, 9.17) is 9.47 Å². The van der Waals surface area contributed by atoms with Crippen LogP contribution in [0.2, 0.25) is 0 Å². The molecule has 8 heteroatoms. The summed E-state index contributed by atoms with van der Waals surface area (Å²) in [7, 11) is 2.89. The van der Waals surface area contributed by atoms with E-state index in [1.165, 1.54) is 37.1 Å². The quantitative estimate of drug-likeness (QED) is 0.424. The summed E-state index contributed by atoms with van der Waals surface area (Å²) in [5.41, 5.74) is 0.142. The van der Waals surface area contributed by atoms with Crippen molar-refractivity contribution in [3.63, 3.8) is 0 Å². The molecule has 0 unspecified atom stereocenters. The summed E-state index contributed by atoms with van der Waals surface area (Å²) in [4.78, 5) is 13.4. The molecule has 0 spiro atoms. The monoisotopic (exact) mass is 436 g/mol. The molecule has 0 N–H and O–H groups in total. The largest absolute Gasteiger partial charge is 0.497 e. The number of hydrogen-bond donors (Lipinski definition) is 0. The molecule has 0 radical (unpaired) electrons. The normalized spacial score (nSPS) is 10.8. The highest BCUT2D eigenvalue weighted by atomic mass is 19.2. The van der Waals surface area contributed by atoms with E-state index in [9.17, 15) is 23.2 Å². The van der Waals surface area contributed by atoms with Gasteiger partial charge < -0.3 is 9.47 Å². The number of rotatable bonds is 4. The van der Waals surface area contributed by atoms with Gasteiger partial charge in [-0.15, -0.1) is 0 Å². The molecule has 0 aliphatic carbocycles. The molecule has 0 saturated carbocycles. The second kappa shape index (κ2) is 8.12. The van der Waals surface area contributed by atoms with Gasteiger partial charge in [-0.25, -0.2) is 13.2 Å². The third-order valence-corrected chi connectivity index (χ3v) is 5.09. The van der Waals surface area contributed by atoms with Gasteiger partial charge in [0.2, 0.25) is 0 Å². The number of aromatic nitrogens is 1. The standard InChI is InChI=1S/C24H15F3N2O3/c1-31-16-5-3-15(4-6-16)29-12-19(13-8-20(25)23(27)21(26)9-13)18-10-17(32-2)7-14(11-28)22(18)24(29)30/h3-10,12H,1-2H3. The van der Waals surface area contributed by atoms with Gasteiger partial charge in [-0.2, -0.15) is 5.26 Å². The Morgan fingerprint density at radius 2 is 1.53 bits per heavy atom. The second-order valence-electron chi connectivity index (χ2n) is 6.88. The molecule has 0 fully saturated rings. The molecule has 0 atom stereocenters. The molecule has 5 nitrogen and oxygen atoms in total. The van der Waals surface area contributed by atoms with E-state index in [1.807, 2.05) is 6.07 Å². The average Bonchev–Trinajstić information content (AvgIpc) is 2.81. The maximum absolute atomic E-state index is 14.0. The highest BCUT2D eigenvalue weighted by Gasteiger charge is 2.19. The van der Waals surface area contributed by atoms with Crippen LogP contribution in [-0.4, -0.2) is 18.8 Å². The van der Waals surface area contributed by atoms with Gasteiger partial charge >= 0.3 is 0 Å². The molecule has 160 valence electrons. The topological polar surface area (TPSA) is 64.2 Å². The van der Waals surface area contributed by atoms with Crippen molar-refractivity contribution in [2.75, 3.05) is 14.2 Å². The third kappa shape index (κ3) is 3.44. The first-order valence-corrected chi connectivity index (χ1v) is 9.34. The summed E-state index contributed by atoms with van der Waals surface area (Å²) < 4.78 is 53.2. The van der Waals surface area contributed by atoms with Crippen molar-refractivity contribution in [3.8, 4) is 34.4 Å². The molecule has 0 amide bonds. The Kier molecular flexibility index (Phi) is 5.33. The fourth-order valence-electron chi connectivity index (χ4n) is 3.52. The van der Waals surface area contributed by atoms with E-state index in [1.54, 1.807) is 24.3 Å². The number of nitrogens with zero attached hydrogens (tertiary/aromatic N) is 2. The van der Waals surface area contributed by atoms with Crippen molar-refractivity contribution in [1.82, 2.24) is 4.57 Å². The van der Waals surface area contributed by atoms with E-state index in [2.05, 4.69) is 0 Å². The maximum atomic E-state index is 14.0. The molecule has 4 aromatic rings. The Morgan fingerprint density at radius 1 is 0.906 bits per heavy atom. The number of hydrogen-bond acceptors (Lipinski definition) is 4. The van der Waals surface area contributed by atoms with E-state index in [0.717, 1.165) is 12.1 Å². The van der Waals surface area contributed by atoms with Crippen LogP contribution >= 0.6 is 0 Å². The number of benzene rings is 3. The van der Waals surface area contributed by atoms with Crippen LogP contribution in [-0.2, 0) is 0 Å². The van der Waals surface area contributed by atoms with Gasteiger partial charge in [0.1, 0.15) is 17.6 Å². The lowest BCUT2D eigenvalue weighted by Crippen LogP contribution is -2.19. The van der Waals surface area contributed by atoms with E-state index in [-0.39, 0.29) is 33.2 Å². The van der Waals surface area contributed by atoms with Crippen LogP contribution in [0.15, 0.2) is 59.5 Å². The lowest BCUT2D eigenvalue weighted by Gasteiger charge is -2.15. The van der Waals surface area contributed by atoms with Crippen LogP contribution in [0, 0.1) is 28.8 Å². The SMILES string of the molecule is COc1ccc(-n2cc(-c3cc(F)c(F)c(F)c3)c3cc(OC)cc(C#N)c3c2=O)cc1.